The Balaban J connectivity index is 1.80. The minimum absolute atomic E-state index is 0.0267. The van der Waals surface area contributed by atoms with Crippen LogP contribution in [0.1, 0.15) is 32.8 Å². The van der Waals surface area contributed by atoms with Crippen molar-refractivity contribution in [3.05, 3.63) is 42.5 Å². The van der Waals surface area contributed by atoms with Gasteiger partial charge < -0.3 is 10.6 Å². The molecule has 0 aliphatic carbocycles. The zero-order valence-corrected chi connectivity index (χ0v) is 14.0. The van der Waals surface area contributed by atoms with Crippen molar-refractivity contribution in [3.63, 3.8) is 0 Å². The average molecular weight is 315 g/mol. The largest absolute Gasteiger partial charge is 0.326 e. The Bertz CT molecular complexity index is 611. The lowest BCUT2D eigenvalue weighted by molar-refractivity contribution is -0.116. The number of carbonyl (C=O) groups excluding carboxylic acids is 1. The fraction of sp³-hybridized carbons (Fsp3) is 0.471. The van der Waals surface area contributed by atoms with Gasteiger partial charge in [-0.05, 0) is 31.9 Å². The minimum Gasteiger partial charge on any atom is -0.326 e. The molecule has 0 fully saturated rings. The van der Waals surface area contributed by atoms with Gasteiger partial charge in [-0.3, -0.25) is 9.48 Å². The normalized spacial score (nSPS) is 13.5. The van der Waals surface area contributed by atoms with Gasteiger partial charge in [-0.2, -0.15) is 5.10 Å². The fourth-order valence-corrected chi connectivity index (χ4v) is 2.63. The molecule has 1 aromatic carbocycles. The Morgan fingerprint density at radius 1 is 1.26 bits per heavy atom. The molecule has 2 rings (SSSR count). The van der Waals surface area contributed by atoms with E-state index in [2.05, 4.69) is 34.6 Å². The maximum atomic E-state index is 12.2. The maximum Gasteiger partial charge on any atom is 0.225 e. The lowest BCUT2D eigenvalue weighted by atomic mass is 10.1. The van der Waals surface area contributed by atoms with Crippen molar-refractivity contribution in [1.82, 2.24) is 20.1 Å². The van der Waals surface area contributed by atoms with Gasteiger partial charge in [0.25, 0.3) is 0 Å². The molecule has 0 radical (unpaired) electrons. The van der Waals surface area contributed by atoms with E-state index >= 15 is 0 Å². The van der Waals surface area contributed by atoms with Crippen LogP contribution in [0.4, 0.5) is 5.69 Å². The molecule has 0 bridgehead atoms. The molecule has 6 nitrogen and oxygen atoms in total. The molecular weight excluding hydrogens is 290 g/mol. The predicted octanol–water partition coefficient (Wildman–Crippen LogP) is 2.24. The van der Waals surface area contributed by atoms with Crippen molar-refractivity contribution in [2.24, 2.45) is 0 Å². The number of amides is 1. The number of hydrogen-bond donors (Lipinski definition) is 2. The van der Waals surface area contributed by atoms with Crippen LogP contribution in [-0.4, -0.2) is 32.8 Å². The van der Waals surface area contributed by atoms with Crippen molar-refractivity contribution in [3.8, 4) is 0 Å². The summed E-state index contributed by atoms with van der Waals surface area (Å²) in [5.41, 5.74) is 2.06. The van der Waals surface area contributed by atoms with E-state index in [4.69, 9.17) is 0 Å². The number of benzene rings is 1. The van der Waals surface area contributed by atoms with Crippen molar-refractivity contribution >= 4 is 11.6 Å². The zero-order valence-electron chi connectivity index (χ0n) is 14.0. The van der Waals surface area contributed by atoms with E-state index in [9.17, 15) is 4.79 Å². The fourth-order valence-electron chi connectivity index (χ4n) is 2.63. The third-order valence-electron chi connectivity index (χ3n) is 3.66. The second kappa shape index (κ2) is 8.43. The molecule has 6 heteroatoms. The highest BCUT2D eigenvalue weighted by Crippen LogP contribution is 2.15. The highest BCUT2D eigenvalue weighted by molar-refractivity contribution is 5.91. The number of nitrogens with zero attached hydrogens (tertiary/aromatic N) is 3. The summed E-state index contributed by atoms with van der Waals surface area (Å²) in [5, 5.41) is 10.5. The van der Waals surface area contributed by atoms with Crippen LogP contribution in [0.15, 0.2) is 36.9 Å². The van der Waals surface area contributed by atoms with Crippen molar-refractivity contribution in [1.29, 1.82) is 0 Å². The second-order valence-corrected chi connectivity index (χ2v) is 5.85. The smallest absolute Gasteiger partial charge is 0.225 e. The van der Waals surface area contributed by atoms with Crippen LogP contribution in [0.3, 0.4) is 0 Å². The summed E-state index contributed by atoms with van der Waals surface area (Å²) in [7, 11) is 0. The highest BCUT2D eigenvalue weighted by atomic mass is 16.1. The van der Waals surface area contributed by atoms with E-state index < -0.39 is 0 Å². The molecule has 0 spiro atoms. The highest BCUT2D eigenvalue weighted by Gasteiger charge is 2.13. The Morgan fingerprint density at radius 2 is 2.04 bits per heavy atom. The molecule has 2 aromatic rings. The Hall–Kier alpha value is -2.21. The molecule has 1 aromatic heterocycles. The Morgan fingerprint density at radius 3 is 2.74 bits per heavy atom. The quantitative estimate of drug-likeness (QED) is 0.783. The molecule has 0 saturated heterocycles. The summed E-state index contributed by atoms with van der Waals surface area (Å²) in [5.74, 6) is 0.0267. The van der Waals surface area contributed by atoms with Crippen LogP contribution in [0.5, 0.6) is 0 Å². The standard InChI is InChI=1S/C17H25N5O/c1-4-15-7-5-6-8-16(15)21-17(23)9-13(2)20-14(3)10-22-12-18-11-19-22/h5-8,11-14,20H,4,9-10H2,1-3H3,(H,21,23). The number of anilines is 1. The van der Waals surface area contributed by atoms with Gasteiger partial charge in [0.1, 0.15) is 12.7 Å². The Kier molecular flexibility index (Phi) is 6.29. The zero-order chi connectivity index (χ0) is 16.7. The number of para-hydroxylation sites is 1. The van der Waals surface area contributed by atoms with Gasteiger partial charge in [-0.1, -0.05) is 25.1 Å². The van der Waals surface area contributed by atoms with E-state index in [0.717, 1.165) is 24.2 Å². The van der Waals surface area contributed by atoms with Gasteiger partial charge in [0.2, 0.25) is 5.91 Å². The van der Waals surface area contributed by atoms with E-state index in [1.807, 2.05) is 31.2 Å². The monoisotopic (exact) mass is 315 g/mol. The van der Waals surface area contributed by atoms with Crippen molar-refractivity contribution in [2.45, 2.75) is 52.2 Å². The van der Waals surface area contributed by atoms with E-state index in [1.54, 1.807) is 11.0 Å². The molecule has 0 aliphatic heterocycles. The summed E-state index contributed by atoms with van der Waals surface area (Å²) < 4.78 is 1.78. The van der Waals surface area contributed by atoms with E-state index in [0.29, 0.717) is 6.42 Å². The molecule has 2 atom stereocenters. The van der Waals surface area contributed by atoms with Crippen LogP contribution in [-0.2, 0) is 17.8 Å². The van der Waals surface area contributed by atoms with Crippen LogP contribution in [0, 0.1) is 0 Å². The first-order valence-electron chi connectivity index (χ1n) is 8.04. The number of carbonyl (C=O) groups is 1. The Labute approximate surface area is 137 Å². The van der Waals surface area contributed by atoms with Crippen LogP contribution in [0.25, 0.3) is 0 Å². The van der Waals surface area contributed by atoms with Gasteiger partial charge >= 0.3 is 0 Å². The van der Waals surface area contributed by atoms with Gasteiger partial charge in [0.15, 0.2) is 0 Å². The minimum atomic E-state index is 0.0267. The number of aryl methyl sites for hydroxylation is 1. The van der Waals surface area contributed by atoms with E-state index in [-0.39, 0.29) is 18.0 Å². The van der Waals surface area contributed by atoms with Crippen LogP contribution in [0.2, 0.25) is 0 Å². The van der Waals surface area contributed by atoms with Gasteiger partial charge in [-0.25, -0.2) is 4.98 Å². The number of hydrogen-bond acceptors (Lipinski definition) is 4. The van der Waals surface area contributed by atoms with Gasteiger partial charge in [0.05, 0.1) is 6.54 Å². The molecule has 23 heavy (non-hydrogen) atoms. The summed E-state index contributed by atoms with van der Waals surface area (Å²) in [6.45, 7) is 6.90. The van der Waals surface area contributed by atoms with Gasteiger partial charge in [0, 0.05) is 24.2 Å². The number of rotatable bonds is 8. The molecule has 2 N–H and O–H groups in total. The number of nitrogens with one attached hydrogen (secondary N) is 2. The lowest BCUT2D eigenvalue weighted by Gasteiger charge is -2.20. The van der Waals surface area contributed by atoms with Crippen LogP contribution < -0.4 is 10.6 Å². The van der Waals surface area contributed by atoms with Gasteiger partial charge in [-0.15, -0.1) is 0 Å². The summed E-state index contributed by atoms with van der Waals surface area (Å²) in [4.78, 5) is 16.1. The van der Waals surface area contributed by atoms with Crippen molar-refractivity contribution in [2.75, 3.05) is 5.32 Å². The lowest BCUT2D eigenvalue weighted by Crippen LogP contribution is -2.39. The first kappa shape index (κ1) is 17.1. The molecule has 0 aliphatic rings. The van der Waals surface area contributed by atoms with Crippen LogP contribution >= 0.6 is 0 Å². The molecule has 0 saturated carbocycles. The third-order valence-corrected chi connectivity index (χ3v) is 3.66. The topological polar surface area (TPSA) is 71.8 Å². The molecule has 1 heterocycles. The maximum absolute atomic E-state index is 12.2. The molecule has 2 unspecified atom stereocenters. The first-order valence-corrected chi connectivity index (χ1v) is 8.04. The van der Waals surface area contributed by atoms with E-state index in [1.165, 1.54) is 6.33 Å². The summed E-state index contributed by atoms with van der Waals surface area (Å²) in [6.07, 6.45) is 4.55. The average Bonchev–Trinajstić information content (AvgIpc) is 3.00. The first-order chi connectivity index (χ1) is 11.1. The third kappa shape index (κ3) is 5.49. The molecule has 124 valence electrons. The SMILES string of the molecule is CCc1ccccc1NC(=O)CC(C)NC(C)Cn1cncn1. The molecule has 1 amide bonds. The number of aromatic nitrogens is 3. The van der Waals surface area contributed by atoms with Crippen molar-refractivity contribution < 1.29 is 4.79 Å². The predicted molar refractivity (Wildman–Crippen MR) is 91.1 cm³/mol. The molecular formula is C17H25N5O. The summed E-state index contributed by atoms with van der Waals surface area (Å²) >= 11 is 0. The summed E-state index contributed by atoms with van der Waals surface area (Å²) in [6, 6.07) is 8.21. The second-order valence-electron chi connectivity index (χ2n) is 5.85.